The van der Waals surface area contributed by atoms with Crippen molar-refractivity contribution in [2.75, 3.05) is 7.11 Å². The van der Waals surface area contributed by atoms with E-state index in [0.29, 0.717) is 19.2 Å². The predicted molar refractivity (Wildman–Crippen MR) is 71.5 cm³/mol. The van der Waals surface area contributed by atoms with Crippen molar-refractivity contribution < 1.29 is 13.5 Å². The van der Waals surface area contributed by atoms with Gasteiger partial charge in [0.05, 0.1) is 13.2 Å². The van der Waals surface area contributed by atoms with Gasteiger partial charge in [-0.3, -0.25) is 0 Å². The molecule has 0 amide bonds. The van der Waals surface area contributed by atoms with Crippen molar-refractivity contribution in [1.29, 1.82) is 0 Å². The fourth-order valence-corrected chi connectivity index (χ4v) is 2.39. The summed E-state index contributed by atoms with van der Waals surface area (Å²) in [5.74, 6) is 0.627. The third-order valence-corrected chi connectivity index (χ3v) is 3.54. The van der Waals surface area contributed by atoms with Gasteiger partial charge in [-0.1, -0.05) is 0 Å². The maximum Gasteiger partial charge on any atom is 0.137 e. The van der Waals surface area contributed by atoms with Crippen LogP contribution in [0.15, 0.2) is 16.5 Å². The van der Waals surface area contributed by atoms with E-state index in [1.165, 1.54) is 25.0 Å². The second-order valence-corrected chi connectivity index (χ2v) is 5.19. The molecule has 3 nitrogen and oxygen atoms in total. The molecule has 2 aromatic rings. The van der Waals surface area contributed by atoms with Crippen molar-refractivity contribution in [2.24, 2.45) is 0 Å². The van der Waals surface area contributed by atoms with Gasteiger partial charge in [-0.05, 0) is 37.5 Å². The molecule has 0 saturated heterocycles. The highest BCUT2D eigenvalue weighted by molar-refractivity contribution is 5.85. The third-order valence-electron chi connectivity index (χ3n) is 3.54. The normalized spacial score (nSPS) is 15.3. The molecule has 1 saturated carbocycles. The minimum atomic E-state index is -0.232. The second-order valence-electron chi connectivity index (χ2n) is 5.19. The fraction of sp³-hybridized carbons (Fsp3) is 0.467. The van der Waals surface area contributed by atoms with Gasteiger partial charge in [-0.15, -0.1) is 0 Å². The highest BCUT2D eigenvalue weighted by Crippen LogP contribution is 2.30. The number of rotatable bonds is 5. The summed E-state index contributed by atoms with van der Waals surface area (Å²) in [6.07, 6.45) is 2.46. The Bertz CT molecular complexity index is 602. The van der Waals surface area contributed by atoms with E-state index in [-0.39, 0.29) is 5.82 Å². The van der Waals surface area contributed by atoms with E-state index in [1.54, 1.807) is 7.11 Å². The molecule has 1 aromatic carbocycles. The standard InChI is InChI=1S/C15H18FNO2/c1-9-5-10(16)6-12-13(8-18-2)14(19-15(9)12)7-17-11-3-4-11/h5-6,11,17H,3-4,7-8H2,1-2H3. The maximum atomic E-state index is 13.6. The summed E-state index contributed by atoms with van der Waals surface area (Å²) in [5.41, 5.74) is 2.54. The van der Waals surface area contributed by atoms with Crippen LogP contribution in [-0.2, 0) is 17.9 Å². The van der Waals surface area contributed by atoms with E-state index in [9.17, 15) is 4.39 Å². The van der Waals surface area contributed by atoms with Crippen LogP contribution in [0, 0.1) is 12.7 Å². The zero-order valence-electron chi connectivity index (χ0n) is 11.3. The first kappa shape index (κ1) is 12.6. The number of ether oxygens (including phenoxy) is 1. The molecule has 19 heavy (non-hydrogen) atoms. The zero-order valence-corrected chi connectivity index (χ0v) is 11.3. The predicted octanol–water partition coefficient (Wildman–Crippen LogP) is 3.28. The zero-order chi connectivity index (χ0) is 13.4. The number of methoxy groups -OCH3 is 1. The monoisotopic (exact) mass is 263 g/mol. The van der Waals surface area contributed by atoms with Gasteiger partial charge >= 0.3 is 0 Å². The van der Waals surface area contributed by atoms with E-state index in [4.69, 9.17) is 9.15 Å². The van der Waals surface area contributed by atoms with Crippen molar-refractivity contribution in [1.82, 2.24) is 5.32 Å². The Kier molecular flexibility index (Phi) is 3.29. The van der Waals surface area contributed by atoms with Gasteiger partial charge in [0, 0.05) is 24.1 Å². The lowest BCUT2D eigenvalue weighted by atomic mass is 10.1. The Morgan fingerprint density at radius 3 is 2.89 bits per heavy atom. The molecule has 102 valence electrons. The number of furan rings is 1. The molecule has 0 bridgehead atoms. The van der Waals surface area contributed by atoms with Gasteiger partial charge in [0.25, 0.3) is 0 Å². The van der Waals surface area contributed by atoms with E-state index >= 15 is 0 Å². The number of hydrogen-bond donors (Lipinski definition) is 1. The van der Waals surface area contributed by atoms with Crippen LogP contribution < -0.4 is 5.32 Å². The lowest BCUT2D eigenvalue weighted by Crippen LogP contribution is -2.15. The minimum absolute atomic E-state index is 0.232. The van der Waals surface area contributed by atoms with Gasteiger partial charge in [0.2, 0.25) is 0 Å². The summed E-state index contributed by atoms with van der Waals surface area (Å²) < 4.78 is 24.7. The molecule has 1 aliphatic rings. The molecule has 1 heterocycles. The summed E-state index contributed by atoms with van der Waals surface area (Å²) in [5, 5.41) is 4.25. The molecule has 4 heteroatoms. The second kappa shape index (κ2) is 4.94. The average molecular weight is 263 g/mol. The first-order chi connectivity index (χ1) is 9.19. The molecule has 0 radical (unpaired) electrons. The van der Waals surface area contributed by atoms with E-state index < -0.39 is 0 Å². The van der Waals surface area contributed by atoms with Gasteiger partial charge in [0.15, 0.2) is 0 Å². The van der Waals surface area contributed by atoms with Crippen LogP contribution in [0.25, 0.3) is 11.0 Å². The number of aryl methyl sites for hydroxylation is 1. The highest BCUT2D eigenvalue weighted by Gasteiger charge is 2.23. The van der Waals surface area contributed by atoms with Crippen LogP contribution in [0.5, 0.6) is 0 Å². The van der Waals surface area contributed by atoms with Crippen LogP contribution in [0.1, 0.15) is 29.7 Å². The van der Waals surface area contributed by atoms with Gasteiger partial charge in [-0.2, -0.15) is 0 Å². The third kappa shape index (κ3) is 2.51. The molecule has 0 atom stereocenters. The van der Waals surface area contributed by atoms with Crippen molar-refractivity contribution in [3.05, 3.63) is 34.8 Å². The van der Waals surface area contributed by atoms with Gasteiger partial charge < -0.3 is 14.5 Å². The SMILES string of the molecule is COCc1c(CNC2CC2)oc2c(C)cc(F)cc12. The Hall–Kier alpha value is -1.39. The summed E-state index contributed by atoms with van der Waals surface area (Å²) in [6.45, 7) is 2.99. The van der Waals surface area contributed by atoms with Gasteiger partial charge in [0.1, 0.15) is 17.2 Å². The molecule has 1 N–H and O–H groups in total. The number of nitrogens with one attached hydrogen (secondary N) is 1. The Balaban J connectivity index is 2.03. The minimum Gasteiger partial charge on any atom is -0.459 e. The van der Waals surface area contributed by atoms with Crippen LogP contribution >= 0.6 is 0 Å². The largest absolute Gasteiger partial charge is 0.459 e. The fourth-order valence-electron chi connectivity index (χ4n) is 2.39. The molecule has 1 fully saturated rings. The quantitative estimate of drug-likeness (QED) is 0.899. The topological polar surface area (TPSA) is 34.4 Å². The smallest absolute Gasteiger partial charge is 0.137 e. The summed E-state index contributed by atoms with van der Waals surface area (Å²) >= 11 is 0. The Labute approximate surface area is 111 Å². The maximum absolute atomic E-state index is 13.6. The molecule has 3 rings (SSSR count). The van der Waals surface area contributed by atoms with Gasteiger partial charge in [-0.25, -0.2) is 4.39 Å². The molecule has 1 aliphatic carbocycles. The lowest BCUT2D eigenvalue weighted by Gasteiger charge is -2.03. The van der Waals surface area contributed by atoms with Crippen LogP contribution in [0.2, 0.25) is 0 Å². The summed E-state index contributed by atoms with van der Waals surface area (Å²) in [4.78, 5) is 0. The Morgan fingerprint density at radius 1 is 1.42 bits per heavy atom. The lowest BCUT2D eigenvalue weighted by molar-refractivity contribution is 0.183. The van der Waals surface area contributed by atoms with E-state index in [2.05, 4.69) is 5.32 Å². The summed E-state index contributed by atoms with van der Waals surface area (Å²) in [6, 6.07) is 3.64. The van der Waals surface area contributed by atoms with Crippen molar-refractivity contribution in [3.8, 4) is 0 Å². The van der Waals surface area contributed by atoms with Crippen LogP contribution in [0.3, 0.4) is 0 Å². The Morgan fingerprint density at radius 2 is 2.21 bits per heavy atom. The highest BCUT2D eigenvalue weighted by atomic mass is 19.1. The molecule has 0 unspecified atom stereocenters. The molecular formula is C15H18FNO2. The van der Waals surface area contributed by atoms with E-state index in [1.807, 2.05) is 6.92 Å². The molecule has 0 spiro atoms. The average Bonchev–Trinajstić information content (AvgIpc) is 3.13. The van der Waals surface area contributed by atoms with Crippen molar-refractivity contribution in [2.45, 2.75) is 39.0 Å². The first-order valence-electron chi connectivity index (χ1n) is 6.61. The van der Waals surface area contributed by atoms with Crippen molar-refractivity contribution in [3.63, 3.8) is 0 Å². The number of fused-ring (bicyclic) bond motifs is 1. The molecule has 0 aliphatic heterocycles. The number of halogens is 1. The molecule has 1 aromatic heterocycles. The van der Waals surface area contributed by atoms with Crippen molar-refractivity contribution >= 4 is 11.0 Å². The number of hydrogen-bond acceptors (Lipinski definition) is 3. The van der Waals surface area contributed by atoms with Crippen LogP contribution in [0.4, 0.5) is 4.39 Å². The molecular weight excluding hydrogens is 245 g/mol. The summed E-state index contributed by atoms with van der Waals surface area (Å²) in [7, 11) is 1.64. The number of benzene rings is 1. The first-order valence-corrected chi connectivity index (χ1v) is 6.61. The van der Waals surface area contributed by atoms with Crippen LogP contribution in [-0.4, -0.2) is 13.2 Å². The van der Waals surface area contributed by atoms with E-state index in [0.717, 1.165) is 27.9 Å².